The molecule has 3 aliphatic rings. The van der Waals surface area contributed by atoms with Gasteiger partial charge in [-0.3, -0.25) is 14.4 Å². The first-order chi connectivity index (χ1) is 24.4. The summed E-state index contributed by atoms with van der Waals surface area (Å²) in [6, 6.07) is 35.2. The largest absolute Gasteiger partial charge is 0.478 e. The van der Waals surface area contributed by atoms with Gasteiger partial charge in [0, 0.05) is 25.9 Å². The predicted molar refractivity (Wildman–Crippen MR) is 188 cm³/mol. The molecule has 0 saturated carbocycles. The van der Waals surface area contributed by atoms with E-state index in [4.69, 9.17) is 0 Å². The number of nitrogens with one attached hydrogen (secondary N) is 1. The second-order valence-corrected chi connectivity index (χ2v) is 13.3. The molecule has 0 aromatic heterocycles. The van der Waals surface area contributed by atoms with Gasteiger partial charge in [-0.25, -0.2) is 4.79 Å². The van der Waals surface area contributed by atoms with Crippen molar-refractivity contribution in [1.29, 1.82) is 0 Å². The fourth-order valence-electron chi connectivity index (χ4n) is 7.74. The first kappa shape index (κ1) is 31.3. The minimum atomic E-state index is -1.10. The number of carboxylic acid groups (broad SMARTS) is 1. The van der Waals surface area contributed by atoms with Crippen LogP contribution in [-0.4, -0.2) is 50.7 Å². The molecule has 8 rings (SSSR count). The van der Waals surface area contributed by atoms with Crippen molar-refractivity contribution in [3.05, 3.63) is 166 Å². The van der Waals surface area contributed by atoms with Crippen LogP contribution in [0.1, 0.15) is 55.3 Å². The number of fused-ring (bicyclic) bond motifs is 5. The molecule has 0 bridgehead atoms. The summed E-state index contributed by atoms with van der Waals surface area (Å²) in [5.74, 6) is -1.88. The fourth-order valence-corrected chi connectivity index (χ4v) is 7.74. The monoisotopic (exact) mass is 661 g/mol. The first-order valence-electron chi connectivity index (χ1n) is 16.9. The van der Waals surface area contributed by atoms with Gasteiger partial charge in [0.15, 0.2) is 0 Å². The molecule has 0 spiro atoms. The van der Waals surface area contributed by atoms with E-state index in [0.29, 0.717) is 24.1 Å². The van der Waals surface area contributed by atoms with Crippen molar-refractivity contribution in [3.63, 3.8) is 0 Å². The molecule has 3 atom stereocenters. The minimum absolute atomic E-state index is 0.116. The maximum Gasteiger partial charge on any atom is 0.335 e. The van der Waals surface area contributed by atoms with Gasteiger partial charge in [-0.05, 0) is 74.7 Å². The number of hydrogen-bond acceptors (Lipinski definition) is 4. The number of aromatic carboxylic acids is 1. The number of benzene rings is 5. The van der Waals surface area contributed by atoms with E-state index in [9.17, 15) is 24.3 Å². The average Bonchev–Trinajstić information content (AvgIpc) is 3.52. The van der Waals surface area contributed by atoms with E-state index in [1.165, 1.54) is 17.7 Å². The van der Waals surface area contributed by atoms with E-state index in [0.717, 1.165) is 39.8 Å². The summed E-state index contributed by atoms with van der Waals surface area (Å²) in [5.41, 5.74) is 8.88. The second-order valence-electron chi connectivity index (χ2n) is 13.3. The van der Waals surface area contributed by atoms with Crippen LogP contribution >= 0.6 is 0 Å². The molecule has 2 aliphatic heterocycles. The quantitative estimate of drug-likeness (QED) is 0.217. The van der Waals surface area contributed by atoms with Crippen LogP contribution in [0.5, 0.6) is 0 Å². The summed E-state index contributed by atoms with van der Waals surface area (Å²) >= 11 is 0. The zero-order valence-electron chi connectivity index (χ0n) is 27.3. The van der Waals surface area contributed by atoms with Crippen molar-refractivity contribution in [2.24, 2.45) is 0 Å². The molecule has 1 saturated heterocycles. The third-order valence-electron chi connectivity index (χ3n) is 10.3. The van der Waals surface area contributed by atoms with Crippen LogP contribution in [0.2, 0.25) is 0 Å². The molecule has 2 heterocycles. The number of nitrogens with zero attached hydrogens (tertiary/aromatic N) is 2. The maximum absolute atomic E-state index is 14.9. The SMILES string of the molecule is O=C(O)c1ccc(CNC(=O)C(c2ccc3c(c2)-c2ccccc2C3)N2C(=O)[C@@H]3Cc4ccccc4CN3C(=O)[C@@H]2Cc2ccccc2)cc1. The molecule has 1 aliphatic carbocycles. The Morgan fingerprint density at radius 2 is 1.40 bits per heavy atom. The molecule has 8 nitrogen and oxygen atoms in total. The Hall–Kier alpha value is -6.02. The highest BCUT2D eigenvalue weighted by atomic mass is 16.4. The third-order valence-corrected chi connectivity index (χ3v) is 10.3. The van der Waals surface area contributed by atoms with Gasteiger partial charge in [0.1, 0.15) is 18.1 Å². The zero-order chi connectivity index (χ0) is 34.4. The van der Waals surface area contributed by atoms with Gasteiger partial charge in [0.25, 0.3) is 0 Å². The molecule has 0 radical (unpaired) electrons. The smallest absolute Gasteiger partial charge is 0.335 e. The van der Waals surface area contributed by atoms with Crippen molar-refractivity contribution in [2.75, 3.05) is 0 Å². The lowest BCUT2D eigenvalue weighted by Gasteiger charge is -2.49. The number of rotatable bonds is 8. The molecular weight excluding hydrogens is 626 g/mol. The van der Waals surface area contributed by atoms with E-state index in [-0.39, 0.29) is 30.3 Å². The predicted octanol–water partition coefficient (Wildman–Crippen LogP) is 5.72. The number of carboxylic acids is 1. The molecule has 248 valence electrons. The standard InChI is InChI=1S/C42H35N3O5/c46-39(43-24-27-14-16-28(17-15-27)42(49)50)38(32-19-18-31-21-30-11-6-7-13-34(30)35(31)22-32)45-37(20-26-8-2-1-3-9-26)40(47)44-25-33-12-5-4-10-29(33)23-36(44)41(45)48/h1-19,22,36-38H,20-21,23-25H2,(H,43,46)(H,49,50)/t36-,37-,38?/m0/s1. The highest BCUT2D eigenvalue weighted by Gasteiger charge is 2.51. The van der Waals surface area contributed by atoms with Crippen molar-refractivity contribution >= 4 is 23.7 Å². The number of hydrogen-bond donors (Lipinski definition) is 2. The van der Waals surface area contributed by atoms with Gasteiger partial charge in [0.2, 0.25) is 17.7 Å². The molecule has 8 heteroatoms. The van der Waals surface area contributed by atoms with Crippen molar-refractivity contribution in [3.8, 4) is 11.1 Å². The van der Waals surface area contributed by atoms with Crippen molar-refractivity contribution < 1.29 is 24.3 Å². The molecular formula is C42H35N3O5. The topological polar surface area (TPSA) is 107 Å². The summed E-state index contributed by atoms with van der Waals surface area (Å²) in [6.07, 6.45) is 1.41. The van der Waals surface area contributed by atoms with Crippen LogP contribution in [0, 0.1) is 0 Å². The Balaban J connectivity index is 1.22. The Morgan fingerprint density at radius 3 is 2.16 bits per heavy atom. The van der Waals surface area contributed by atoms with E-state index < -0.39 is 30.0 Å². The normalized spacial score (nSPS) is 18.1. The first-order valence-corrected chi connectivity index (χ1v) is 16.9. The van der Waals surface area contributed by atoms with Crippen LogP contribution in [0.3, 0.4) is 0 Å². The van der Waals surface area contributed by atoms with Gasteiger partial charge < -0.3 is 20.2 Å². The van der Waals surface area contributed by atoms with E-state index >= 15 is 0 Å². The van der Waals surface area contributed by atoms with Crippen molar-refractivity contribution in [1.82, 2.24) is 15.1 Å². The number of carbonyl (C=O) groups is 4. The van der Waals surface area contributed by atoms with Gasteiger partial charge in [0.05, 0.1) is 5.56 Å². The average molecular weight is 662 g/mol. The summed E-state index contributed by atoms with van der Waals surface area (Å²) < 4.78 is 0. The van der Waals surface area contributed by atoms with Crippen LogP contribution in [0.25, 0.3) is 11.1 Å². The van der Waals surface area contributed by atoms with Gasteiger partial charge in [-0.15, -0.1) is 0 Å². The van der Waals surface area contributed by atoms with Crippen LogP contribution in [0.15, 0.2) is 121 Å². The highest BCUT2D eigenvalue weighted by Crippen LogP contribution is 2.41. The van der Waals surface area contributed by atoms with Gasteiger partial charge >= 0.3 is 5.97 Å². The van der Waals surface area contributed by atoms with E-state index in [1.54, 1.807) is 21.9 Å². The molecule has 5 aromatic rings. The molecule has 1 fully saturated rings. The lowest BCUT2D eigenvalue weighted by molar-refractivity contribution is -0.168. The Bertz CT molecular complexity index is 2150. The van der Waals surface area contributed by atoms with Crippen LogP contribution in [0.4, 0.5) is 0 Å². The molecule has 50 heavy (non-hydrogen) atoms. The highest BCUT2D eigenvalue weighted by molar-refractivity contribution is 6.01. The fraction of sp³-hybridized carbons (Fsp3) is 0.190. The van der Waals surface area contributed by atoms with Crippen LogP contribution in [-0.2, 0) is 46.7 Å². The summed E-state index contributed by atoms with van der Waals surface area (Å²) in [7, 11) is 0. The maximum atomic E-state index is 14.9. The summed E-state index contributed by atoms with van der Waals surface area (Å²) in [5, 5.41) is 12.4. The summed E-state index contributed by atoms with van der Waals surface area (Å²) in [4.78, 5) is 58.9. The molecule has 3 amide bonds. The zero-order valence-corrected chi connectivity index (χ0v) is 27.3. The molecule has 1 unspecified atom stereocenters. The van der Waals surface area contributed by atoms with Crippen molar-refractivity contribution in [2.45, 2.75) is 50.5 Å². The number of piperazine rings is 1. The van der Waals surface area contributed by atoms with E-state index in [2.05, 4.69) is 17.4 Å². The molecule has 2 N–H and O–H groups in total. The number of amides is 3. The Kier molecular flexibility index (Phi) is 7.99. The third kappa shape index (κ3) is 5.62. The Labute approximate surface area is 290 Å². The van der Waals surface area contributed by atoms with Gasteiger partial charge in [-0.2, -0.15) is 0 Å². The Morgan fingerprint density at radius 1 is 0.720 bits per heavy atom. The summed E-state index contributed by atoms with van der Waals surface area (Å²) in [6.45, 7) is 0.453. The number of carbonyl (C=O) groups excluding carboxylic acids is 3. The van der Waals surface area contributed by atoms with E-state index in [1.807, 2.05) is 84.9 Å². The second kappa shape index (κ2) is 12.8. The minimum Gasteiger partial charge on any atom is -0.478 e. The lowest BCUT2D eigenvalue weighted by atomic mass is 9.86. The molecule has 5 aromatic carbocycles. The lowest BCUT2D eigenvalue weighted by Crippen LogP contribution is -2.68. The van der Waals surface area contributed by atoms with Crippen LogP contribution < -0.4 is 5.32 Å². The van der Waals surface area contributed by atoms with Gasteiger partial charge in [-0.1, -0.05) is 103 Å².